The molecule has 0 fully saturated rings. The van der Waals surface area contributed by atoms with Crippen LogP contribution < -0.4 is 20.1 Å². The van der Waals surface area contributed by atoms with Crippen LogP contribution in [0.3, 0.4) is 0 Å². The van der Waals surface area contributed by atoms with Crippen molar-refractivity contribution < 1.29 is 28.6 Å². The fraction of sp³-hybridized carbons (Fsp3) is 0.321. The fourth-order valence-electron chi connectivity index (χ4n) is 4.21. The van der Waals surface area contributed by atoms with Crippen molar-refractivity contribution in [1.29, 1.82) is 0 Å². The summed E-state index contributed by atoms with van der Waals surface area (Å²) in [6.07, 6.45) is 2.68. The first-order valence-electron chi connectivity index (χ1n) is 12.2. The molecule has 0 spiro atoms. The van der Waals surface area contributed by atoms with Crippen molar-refractivity contribution in [1.82, 2.24) is 0 Å². The molecule has 2 N–H and O–H groups in total. The summed E-state index contributed by atoms with van der Waals surface area (Å²) in [5.41, 5.74) is 2.45. The van der Waals surface area contributed by atoms with Crippen LogP contribution >= 0.6 is 11.3 Å². The molecular weight excluding hydrogens is 492 g/mol. The number of esters is 1. The number of fused-ring (bicyclic) bond motifs is 1. The Morgan fingerprint density at radius 2 is 1.81 bits per heavy atom. The van der Waals surface area contributed by atoms with Gasteiger partial charge >= 0.3 is 5.97 Å². The second-order valence-corrected chi connectivity index (χ2v) is 9.90. The highest BCUT2D eigenvalue weighted by molar-refractivity contribution is 7.17. The number of hydrogen-bond donors (Lipinski definition) is 2. The predicted octanol–water partition coefficient (Wildman–Crippen LogP) is 5.33. The van der Waals surface area contributed by atoms with Crippen LogP contribution in [0.25, 0.3) is 0 Å². The van der Waals surface area contributed by atoms with Gasteiger partial charge in [0.2, 0.25) is 0 Å². The number of amides is 2. The number of carbonyl (C=O) groups excluding carboxylic acids is 3. The normalized spacial score (nSPS) is 14.3. The number of hydrogen-bond acceptors (Lipinski definition) is 7. The number of nitrogens with one attached hydrogen (secondary N) is 2. The topological polar surface area (TPSA) is 103 Å². The lowest BCUT2D eigenvalue weighted by molar-refractivity contribution is -0.118. The number of carbonyl (C=O) groups is 3. The van der Waals surface area contributed by atoms with Gasteiger partial charge in [0.25, 0.3) is 11.8 Å². The lowest BCUT2D eigenvalue weighted by atomic mass is 9.88. The highest BCUT2D eigenvalue weighted by Crippen LogP contribution is 2.40. The van der Waals surface area contributed by atoms with E-state index in [1.807, 2.05) is 12.1 Å². The third-order valence-electron chi connectivity index (χ3n) is 6.09. The van der Waals surface area contributed by atoms with Crippen LogP contribution in [0.4, 0.5) is 10.7 Å². The number of benzene rings is 2. The van der Waals surface area contributed by atoms with Crippen LogP contribution in [0, 0.1) is 5.92 Å². The number of anilines is 2. The van der Waals surface area contributed by atoms with Crippen molar-refractivity contribution in [3.05, 3.63) is 70.1 Å². The van der Waals surface area contributed by atoms with Gasteiger partial charge in [-0.3, -0.25) is 9.59 Å². The van der Waals surface area contributed by atoms with E-state index in [9.17, 15) is 14.4 Å². The standard InChI is InChI=1S/C28H30N2O6S/c1-4-35-28(33)25-20-14-9-17(2)15-23(20)37-27(25)30-24(31)16-36-19-12-10-18(11-13-19)26(32)29-21-7-5-6-8-22(21)34-3/h5-8,10-13,17H,4,9,14-16H2,1-3H3,(H,29,32)(H,30,31). The second-order valence-electron chi connectivity index (χ2n) is 8.79. The zero-order chi connectivity index (χ0) is 26.4. The summed E-state index contributed by atoms with van der Waals surface area (Å²) in [6.45, 7) is 3.97. The molecule has 8 nitrogen and oxygen atoms in total. The molecule has 0 saturated carbocycles. The van der Waals surface area contributed by atoms with Gasteiger partial charge in [0.05, 0.1) is 25.0 Å². The van der Waals surface area contributed by atoms with Gasteiger partial charge in [0.1, 0.15) is 16.5 Å². The van der Waals surface area contributed by atoms with Crippen molar-refractivity contribution in [2.45, 2.75) is 33.1 Å². The number of rotatable bonds is 9. The van der Waals surface area contributed by atoms with Gasteiger partial charge in [0, 0.05) is 10.4 Å². The molecule has 0 radical (unpaired) electrons. The minimum atomic E-state index is -0.409. The third kappa shape index (κ3) is 6.29. The number of para-hydroxylation sites is 2. The smallest absolute Gasteiger partial charge is 0.341 e. The number of methoxy groups -OCH3 is 1. The quantitative estimate of drug-likeness (QED) is 0.368. The Bertz CT molecular complexity index is 1280. The van der Waals surface area contributed by atoms with Crippen molar-refractivity contribution >= 4 is 39.8 Å². The average molecular weight is 523 g/mol. The first-order chi connectivity index (χ1) is 17.9. The monoisotopic (exact) mass is 522 g/mol. The maximum absolute atomic E-state index is 12.7. The van der Waals surface area contributed by atoms with E-state index in [0.717, 1.165) is 29.7 Å². The third-order valence-corrected chi connectivity index (χ3v) is 7.26. The molecule has 2 amide bonds. The predicted molar refractivity (Wildman–Crippen MR) is 143 cm³/mol. The molecule has 37 heavy (non-hydrogen) atoms. The zero-order valence-corrected chi connectivity index (χ0v) is 21.9. The van der Waals surface area contributed by atoms with Crippen LogP contribution in [0.5, 0.6) is 11.5 Å². The summed E-state index contributed by atoms with van der Waals surface area (Å²) in [6, 6.07) is 13.6. The Balaban J connectivity index is 1.37. The van der Waals surface area contributed by atoms with Crippen molar-refractivity contribution in [3.8, 4) is 11.5 Å². The minimum absolute atomic E-state index is 0.242. The lowest BCUT2D eigenvalue weighted by Gasteiger charge is -2.18. The fourth-order valence-corrected chi connectivity index (χ4v) is 5.63. The molecule has 4 rings (SSSR count). The number of thiophene rings is 1. The van der Waals surface area contributed by atoms with Crippen molar-refractivity contribution in [3.63, 3.8) is 0 Å². The van der Waals surface area contributed by atoms with Gasteiger partial charge < -0.3 is 24.8 Å². The first kappa shape index (κ1) is 26.2. The molecule has 1 heterocycles. The Hall–Kier alpha value is -3.85. The highest BCUT2D eigenvalue weighted by atomic mass is 32.1. The summed E-state index contributed by atoms with van der Waals surface area (Å²) >= 11 is 1.44. The van der Waals surface area contributed by atoms with Gasteiger partial charge in [-0.1, -0.05) is 19.1 Å². The van der Waals surface area contributed by atoms with Gasteiger partial charge in [-0.05, 0) is 74.1 Å². The second kappa shape index (κ2) is 11.9. The molecule has 194 valence electrons. The molecule has 1 atom stereocenters. The Morgan fingerprint density at radius 1 is 1.05 bits per heavy atom. The Morgan fingerprint density at radius 3 is 2.54 bits per heavy atom. The minimum Gasteiger partial charge on any atom is -0.495 e. The molecule has 3 aromatic rings. The Kier molecular flexibility index (Phi) is 8.45. The largest absolute Gasteiger partial charge is 0.495 e. The van der Waals surface area contributed by atoms with Crippen LogP contribution in [0.1, 0.15) is 51.4 Å². The van der Waals surface area contributed by atoms with E-state index in [1.165, 1.54) is 18.4 Å². The van der Waals surface area contributed by atoms with Crippen molar-refractivity contribution in [2.75, 3.05) is 31.0 Å². The van der Waals surface area contributed by atoms with E-state index < -0.39 is 5.97 Å². The van der Waals surface area contributed by atoms with Crippen LogP contribution in [-0.4, -0.2) is 38.1 Å². The average Bonchev–Trinajstić information content (AvgIpc) is 3.24. The summed E-state index contributed by atoms with van der Waals surface area (Å²) in [5.74, 6) is 0.454. The molecule has 0 bridgehead atoms. The molecule has 0 saturated heterocycles. The Labute approximate surface area is 219 Å². The summed E-state index contributed by atoms with van der Waals surface area (Å²) < 4.78 is 16.1. The molecule has 0 aliphatic heterocycles. The summed E-state index contributed by atoms with van der Waals surface area (Å²) in [4.78, 5) is 39.0. The van der Waals surface area contributed by atoms with E-state index in [4.69, 9.17) is 14.2 Å². The molecule has 1 aliphatic carbocycles. The van der Waals surface area contributed by atoms with Gasteiger partial charge in [-0.2, -0.15) is 0 Å². The van der Waals surface area contributed by atoms with E-state index >= 15 is 0 Å². The summed E-state index contributed by atoms with van der Waals surface area (Å²) in [7, 11) is 1.54. The zero-order valence-electron chi connectivity index (χ0n) is 21.1. The maximum atomic E-state index is 12.7. The van der Waals surface area contributed by atoms with Crippen LogP contribution in [0.2, 0.25) is 0 Å². The van der Waals surface area contributed by atoms with Gasteiger partial charge in [-0.15, -0.1) is 11.3 Å². The highest BCUT2D eigenvalue weighted by Gasteiger charge is 2.29. The van der Waals surface area contributed by atoms with E-state index in [1.54, 1.807) is 43.3 Å². The first-order valence-corrected chi connectivity index (χ1v) is 13.0. The van der Waals surface area contributed by atoms with E-state index in [-0.39, 0.29) is 25.0 Å². The van der Waals surface area contributed by atoms with E-state index in [0.29, 0.717) is 39.2 Å². The van der Waals surface area contributed by atoms with Crippen molar-refractivity contribution in [2.24, 2.45) is 5.92 Å². The van der Waals surface area contributed by atoms with Gasteiger partial charge in [-0.25, -0.2) is 4.79 Å². The molecular formula is C28H30N2O6S. The maximum Gasteiger partial charge on any atom is 0.341 e. The lowest BCUT2D eigenvalue weighted by Crippen LogP contribution is -2.21. The molecule has 2 aromatic carbocycles. The van der Waals surface area contributed by atoms with E-state index in [2.05, 4.69) is 17.6 Å². The molecule has 1 aliphatic rings. The molecule has 1 aromatic heterocycles. The van der Waals surface area contributed by atoms with Crippen LogP contribution in [0.15, 0.2) is 48.5 Å². The molecule has 1 unspecified atom stereocenters. The summed E-state index contributed by atoms with van der Waals surface area (Å²) in [5, 5.41) is 6.16. The SMILES string of the molecule is CCOC(=O)c1c(NC(=O)COc2ccc(C(=O)Nc3ccccc3OC)cc2)sc2c1CCC(C)C2. The molecule has 9 heteroatoms. The van der Waals surface area contributed by atoms with Gasteiger partial charge in [0.15, 0.2) is 6.61 Å². The van der Waals surface area contributed by atoms with Crippen LogP contribution in [-0.2, 0) is 22.4 Å². The number of ether oxygens (including phenoxy) is 3.